The summed E-state index contributed by atoms with van der Waals surface area (Å²) >= 11 is 2.33. The van der Waals surface area contributed by atoms with Crippen molar-refractivity contribution >= 4 is 65.6 Å². The summed E-state index contributed by atoms with van der Waals surface area (Å²) in [5.41, 5.74) is 1.58. The number of carbonyl (C=O) groups excluding carboxylic acids is 2. The number of hydrogen-bond donors (Lipinski definition) is 3. The molecule has 0 aliphatic rings. The highest BCUT2D eigenvalue weighted by molar-refractivity contribution is 7.94. The molecule has 170 valence electrons. The van der Waals surface area contributed by atoms with Crippen molar-refractivity contribution in [2.24, 2.45) is 0 Å². The zero-order chi connectivity index (χ0) is 23.6. The van der Waals surface area contributed by atoms with Crippen LogP contribution in [-0.2, 0) is 19.6 Å². The lowest BCUT2D eigenvalue weighted by Crippen LogP contribution is -2.21. The van der Waals surface area contributed by atoms with Crippen LogP contribution in [0.5, 0.6) is 5.75 Å². The number of hydrogen-bond acceptors (Lipinski definition) is 9. The number of phenolic OH excluding ortho intramolecular Hbond substituents is 1. The van der Waals surface area contributed by atoms with Crippen molar-refractivity contribution in [2.45, 2.75) is 11.1 Å². The predicted molar refractivity (Wildman–Crippen MR) is 127 cm³/mol. The number of nitrogens with zero attached hydrogens (tertiary/aromatic N) is 1. The van der Waals surface area contributed by atoms with Gasteiger partial charge in [-0.2, -0.15) is 0 Å². The largest absolute Gasteiger partial charge is 0.507 e. The number of rotatable bonds is 7. The smallest absolute Gasteiger partial charge is 0.342 e. The molecule has 2 aromatic heterocycles. The Bertz CT molecular complexity index is 1450. The Hall–Kier alpha value is -3.48. The number of ether oxygens (including phenoxy) is 1. The Kier molecular flexibility index (Phi) is 6.31. The highest BCUT2D eigenvalue weighted by Gasteiger charge is 2.19. The Morgan fingerprint density at radius 1 is 1.15 bits per heavy atom. The van der Waals surface area contributed by atoms with Crippen molar-refractivity contribution in [1.29, 1.82) is 0 Å². The number of nitrogens with one attached hydrogen (secondary N) is 2. The van der Waals surface area contributed by atoms with Gasteiger partial charge in [-0.25, -0.2) is 18.2 Å². The van der Waals surface area contributed by atoms with Crippen molar-refractivity contribution in [2.75, 3.05) is 16.6 Å². The molecule has 1 amide bonds. The minimum atomic E-state index is -3.83. The van der Waals surface area contributed by atoms with Gasteiger partial charge in [0.15, 0.2) is 11.7 Å². The fourth-order valence-corrected chi connectivity index (χ4v) is 5.86. The van der Waals surface area contributed by atoms with Gasteiger partial charge in [-0.3, -0.25) is 14.8 Å². The first-order valence-corrected chi connectivity index (χ1v) is 12.6. The number of esters is 1. The van der Waals surface area contributed by atoms with Crippen LogP contribution in [0.15, 0.2) is 58.1 Å². The summed E-state index contributed by atoms with van der Waals surface area (Å²) in [5.74, 6) is -2.01. The molecule has 0 atom stereocenters. The van der Waals surface area contributed by atoms with Gasteiger partial charge in [-0.05, 0) is 54.3 Å². The molecule has 33 heavy (non-hydrogen) atoms. The van der Waals surface area contributed by atoms with E-state index in [-0.39, 0.29) is 15.5 Å². The van der Waals surface area contributed by atoms with E-state index in [2.05, 4.69) is 15.0 Å². The summed E-state index contributed by atoms with van der Waals surface area (Å²) in [6.07, 6.45) is 0. The van der Waals surface area contributed by atoms with E-state index in [1.54, 1.807) is 11.4 Å². The van der Waals surface area contributed by atoms with Crippen LogP contribution >= 0.6 is 22.7 Å². The summed E-state index contributed by atoms with van der Waals surface area (Å²) < 4.78 is 33.1. The average Bonchev–Trinajstić information content (AvgIpc) is 3.43. The summed E-state index contributed by atoms with van der Waals surface area (Å²) in [5, 5.41) is 14.6. The minimum absolute atomic E-state index is 0.0578. The number of anilines is 2. The molecule has 0 saturated heterocycles. The Morgan fingerprint density at radius 2 is 1.97 bits per heavy atom. The summed E-state index contributed by atoms with van der Waals surface area (Å²) in [6.45, 7) is 1.34. The molecule has 12 heteroatoms. The predicted octanol–water partition coefficient (Wildman–Crippen LogP) is 3.97. The zero-order valence-electron chi connectivity index (χ0n) is 17.1. The van der Waals surface area contributed by atoms with E-state index in [0.29, 0.717) is 5.13 Å². The molecule has 0 aliphatic heterocycles. The van der Waals surface area contributed by atoms with Crippen molar-refractivity contribution in [3.05, 3.63) is 65.0 Å². The Balaban J connectivity index is 1.40. The standard InChI is InChI=1S/C21H17N3O6S3/c1-12-4-6-15-17(9-12)32-21(22-15)23-18(26)11-30-20(27)14-10-13(5-7-16(14)25)24-33(28,29)19-3-2-8-31-19/h2-10,24-25H,11H2,1H3,(H,22,23,26). The fraction of sp³-hybridized carbons (Fsp3) is 0.0952. The first kappa shape index (κ1) is 22.7. The highest BCUT2D eigenvalue weighted by Crippen LogP contribution is 2.27. The molecule has 0 radical (unpaired) electrons. The molecule has 0 aliphatic carbocycles. The number of sulfonamides is 1. The maximum atomic E-state index is 12.4. The molecule has 9 nitrogen and oxygen atoms in total. The molecule has 0 spiro atoms. The van der Waals surface area contributed by atoms with Gasteiger partial charge < -0.3 is 9.84 Å². The number of benzene rings is 2. The third-order valence-electron chi connectivity index (χ3n) is 4.35. The third-order valence-corrected chi connectivity index (χ3v) is 8.07. The van der Waals surface area contributed by atoms with Gasteiger partial charge >= 0.3 is 5.97 Å². The van der Waals surface area contributed by atoms with Gasteiger partial charge in [-0.1, -0.05) is 23.5 Å². The number of thiophene rings is 1. The van der Waals surface area contributed by atoms with E-state index in [9.17, 15) is 23.1 Å². The van der Waals surface area contributed by atoms with E-state index in [1.165, 1.54) is 23.5 Å². The summed E-state index contributed by atoms with van der Waals surface area (Å²) in [7, 11) is -3.83. The second-order valence-electron chi connectivity index (χ2n) is 6.88. The topological polar surface area (TPSA) is 135 Å². The van der Waals surface area contributed by atoms with E-state index in [4.69, 9.17) is 4.74 Å². The molecule has 4 rings (SSSR count). The lowest BCUT2D eigenvalue weighted by atomic mass is 10.2. The third kappa shape index (κ3) is 5.30. The molecule has 0 fully saturated rings. The van der Waals surface area contributed by atoms with Crippen LogP contribution in [0, 0.1) is 6.92 Å². The van der Waals surface area contributed by atoms with Gasteiger partial charge in [0.25, 0.3) is 15.9 Å². The molecule has 0 bridgehead atoms. The number of aromatic nitrogens is 1. The average molecular weight is 504 g/mol. The van der Waals surface area contributed by atoms with Crippen LogP contribution in [0.2, 0.25) is 0 Å². The van der Waals surface area contributed by atoms with E-state index >= 15 is 0 Å². The number of phenols is 1. The van der Waals surface area contributed by atoms with Crippen LogP contribution in [0.4, 0.5) is 10.8 Å². The number of aromatic hydroxyl groups is 1. The lowest BCUT2D eigenvalue weighted by molar-refractivity contribution is -0.119. The molecule has 0 unspecified atom stereocenters. The van der Waals surface area contributed by atoms with Gasteiger partial charge in [0.1, 0.15) is 15.5 Å². The monoisotopic (exact) mass is 503 g/mol. The molecule has 0 saturated carbocycles. The lowest BCUT2D eigenvalue weighted by Gasteiger charge is -2.10. The number of aryl methyl sites for hydroxylation is 1. The van der Waals surface area contributed by atoms with Gasteiger partial charge in [0.2, 0.25) is 0 Å². The van der Waals surface area contributed by atoms with Gasteiger partial charge in [-0.15, -0.1) is 11.3 Å². The van der Waals surface area contributed by atoms with Crippen LogP contribution < -0.4 is 10.0 Å². The van der Waals surface area contributed by atoms with Crippen LogP contribution in [-0.4, -0.2) is 37.0 Å². The minimum Gasteiger partial charge on any atom is -0.507 e. The highest BCUT2D eigenvalue weighted by atomic mass is 32.2. The van der Waals surface area contributed by atoms with E-state index < -0.39 is 34.3 Å². The van der Waals surface area contributed by atoms with Crippen LogP contribution in [0.1, 0.15) is 15.9 Å². The van der Waals surface area contributed by atoms with E-state index in [1.807, 2.05) is 25.1 Å². The number of carbonyl (C=O) groups is 2. The maximum absolute atomic E-state index is 12.4. The molecular formula is C21H17N3O6S3. The van der Waals surface area contributed by atoms with Crippen molar-refractivity contribution in [1.82, 2.24) is 4.98 Å². The van der Waals surface area contributed by atoms with E-state index in [0.717, 1.165) is 39.2 Å². The SMILES string of the molecule is Cc1ccc2nc(NC(=O)COC(=O)c3cc(NS(=O)(=O)c4cccs4)ccc3O)sc2c1. The van der Waals surface area contributed by atoms with Crippen molar-refractivity contribution in [3.63, 3.8) is 0 Å². The molecule has 2 heterocycles. The quantitative estimate of drug-likeness (QED) is 0.257. The van der Waals surface area contributed by atoms with Gasteiger partial charge in [0, 0.05) is 5.69 Å². The molecule has 4 aromatic rings. The van der Waals surface area contributed by atoms with Gasteiger partial charge in [0.05, 0.1) is 10.2 Å². The maximum Gasteiger partial charge on any atom is 0.342 e. The zero-order valence-corrected chi connectivity index (χ0v) is 19.5. The van der Waals surface area contributed by atoms with Crippen molar-refractivity contribution in [3.8, 4) is 5.75 Å². The molecular weight excluding hydrogens is 486 g/mol. The normalized spacial score (nSPS) is 11.3. The Labute approximate surface area is 196 Å². The number of fused-ring (bicyclic) bond motifs is 1. The first-order chi connectivity index (χ1) is 15.7. The number of thiazole rings is 1. The first-order valence-electron chi connectivity index (χ1n) is 9.45. The second kappa shape index (κ2) is 9.17. The van der Waals surface area contributed by atoms with Crippen LogP contribution in [0.25, 0.3) is 10.2 Å². The van der Waals surface area contributed by atoms with Crippen LogP contribution in [0.3, 0.4) is 0 Å². The summed E-state index contributed by atoms with van der Waals surface area (Å²) in [4.78, 5) is 28.9. The number of amides is 1. The molecule has 3 N–H and O–H groups in total. The summed E-state index contributed by atoms with van der Waals surface area (Å²) in [6, 6.07) is 12.3. The second-order valence-corrected chi connectivity index (χ2v) is 10.8. The van der Waals surface area contributed by atoms with Crippen molar-refractivity contribution < 1.29 is 27.9 Å². The molecule has 2 aromatic carbocycles. The Morgan fingerprint density at radius 3 is 2.73 bits per heavy atom. The fourth-order valence-electron chi connectivity index (χ4n) is 2.83.